The number of allylic oxidation sites excluding steroid dienone is 1. The number of nitrogens with zero attached hydrogens (tertiary/aromatic N) is 5. The lowest BCUT2D eigenvalue weighted by molar-refractivity contribution is -0.143. The summed E-state index contributed by atoms with van der Waals surface area (Å²) < 4.78 is 0. The van der Waals surface area contributed by atoms with E-state index < -0.39 is 11.8 Å². The number of thiazole rings is 1. The Morgan fingerprint density at radius 1 is 1.28 bits per heavy atom. The number of aromatic nitrogens is 3. The number of carbonyl (C=O) groups excluding carboxylic acids is 2. The topological polar surface area (TPSA) is 117 Å². The first-order valence-electron chi connectivity index (χ1n) is 13.7. The van der Waals surface area contributed by atoms with Gasteiger partial charge in [0, 0.05) is 53.6 Å². The van der Waals surface area contributed by atoms with Crippen LogP contribution in [0.5, 0.6) is 0 Å². The summed E-state index contributed by atoms with van der Waals surface area (Å²) in [6, 6.07) is 1.72. The molecule has 0 saturated carbocycles. The van der Waals surface area contributed by atoms with E-state index in [1.807, 2.05) is 32.1 Å². The Balaban J connectivity index is 0.000000192. The SMILES string of the molecule is CCN(CC(C)C)C(=O)C(=O)Nc1cncc2c(N)nccc12.CN1CCCC(c2nc3c(s2)CCC=C3)C1. The first-order valence-corrected chi connectivity index (χ1v) is 14.5. The lowest BCUT2D eigenvalue weighted by atomic mass is 9.99. The van der Waals surface area contributed by atoms with E-state index in [0.29, 0.717) is 41.3 Å². The van der Waals surface area contributed by atoms with Gasteiger partial charge in [-0.3, -0.25) is 14.6 Å². The number of nitrogen functional groups attached to an aromatic ring is 1. The first-order chi connectivity index (χ1) is 18.8. The number of nitrogens with two attached hydrogens (primary N) is 1. The summed E-state index contributed by atoms with van der Waals surface area (Å²) in [6.07, 6.45) is 14.1. The van der Waals surface area contributed by atoms with Gasteiger partial charge in [0.25, 0.3) is 0 Å². The number of likely N-dealkylation sites (tertiary alicyclic amines) is 1. The van der Waals surface area contributed by atoms with Crippen molar-refractivity contribution < 1.29 is 9.59 Å². The number of likely N-dealkylation sites (N-methyl/N-ethyl adjacent to an activating group) is 2. The number of fused-ring (bicyclic) bond motifs is 2. The van der Waals surface area contributed by atoms with E-state index in [4.69, 9.17) is 10.7 Å². The molecule has 1 saturated heterocycles. The van der Waals surface area contributed by atoms with E-state index >= 15 is 0 Å². The van der Waals surface area contributed by atoms with Crippen LogP contribution in [0.4, 0.5) is 11.5 Å². The number of nitrogens with one attached hydrogen (secondary N) is 1. The second kappa shape index (κ2) is 13.1. The van der Waals surface area contributed by atoms with Gasteiger partial charge in [-0.05, 0) is 64.3 Å². The lowest BCUT2D eigenvalue weighted by Gasteiger charge is -2.28. The highest BCUT2D eigenvalue weighted by Crippen LogP contribution is 2.33. The van der Waals surface area contributed by atoms with Crippen LogP contribution in [0.2, 0.25) is 0 Å². The molecule has 2 aliphatic rings. The first kappa shape index (κ1) is 28.6. The quantitative estimate of drug-likeness (QED) is 0.448. The molecule has 1 aliphatic heterocycles. The van der Waals surface area contributed by atoms with E-state index in [2.05, 4.69) is 39.4 Å². The predicted octanol–water partition coefficient (Wildman–Crippen LogP) is 4.57. The number of pyridine rings is 2. The van der Waals surface area contributed by atoms with Crippen molar-refractivity contribution in [2.45, 2.75) is 52.4 Å². The third-order valence-electron chi connectivity index (χ3n) is 6.95. The van der Waals surface area contributed by atoms with E-state index in [-0.39, 0.29) is 5.92 Å². The summed E-state index contributed by atoms with van der Waals surface area (Å²) in [5, 5.41) is 5.33. The molecule has 39 heavy (non-hydrogen) atoms. The standard InChI is InChI=1S/C16H21N5O2.C13H18N2S/c1-4-21(9-10(2)3)16(23)15(22)20-13-8-18-7-12-11(13)5-6-19-14(12)17;1-15-8-4-5-10(9-15)13-14-11-6-2-3-7-12(11)16-13/h5-8,10H,4,9H2,1-3H3,(H2,17,19)(H,20,22);2,6,10H,3-5,7-9H2,1H3. The summed E-state index contributed by atoms with van der Waals surface area (Å²) in [7, 11) is 2.22. The molecule has 0 radical (unpaired) electrons. The monoisotopic (exact) mass is 549 g/mol. The Morgan fingerprint density at radius 2 is 2.10 bits per heavy atom. The van der Waals surface area contributed by atoms with Crippen LogP contribution >= 0.6 is 11.3 Å². The summed E-state index contributed by atoms with van der Waals surface area (Å²) in [6.45, 7) is 9.30. The van der Waals surface area contributed by atoms with Gasteiger partial charge in [-0.15, -0.1) is 11.3 Å². The maximum Gasteiger partial charge on any atom is 0.313 e. The number of hydrogen-bond donors (Lipinski definition) is 2. The average molecular weight is 550 g/mol. The van der Waals surface area contributed by atoms with Crippen molar-refractivity contribution in [1.29, 1.82) is 0 Å². The van der Waals surface area contributed by atoms with Crippen LogP contribution in [0.3, 0.4) is 0 Å². The van der Waals surface area contributed by atoms with Crippen LogP contribution in [-0.4, -0.2) is 69.8 Å². The molecule has 1 fully saturated rings. The Bertz CT molecular complexity index is 1340. The van der Waals surface area contributed by atoms with E-state index in [1.165, 1.54) is 65.4 Å². The minimum atomic E-state index is -0.683. The minimum absolute atomic E-state index is 0.289. The molecular weight excluding hydrogens is 510 g/mol. The minimum Gasteiger partial charge on any atom is -0.383 e. The Hall–Kier alpha value is -3.37. The van der Waals surface area contributed by atoms with E-state index in [0.717, 1.165) is 0 Å². The summed E-state index contributed by atoms with van der Waals surface area (Å²) >= 11 is 1.95. The van der Waals surface area contributed by atoms with Crippen molar-refractivity contribution in [2.75, 3.05) is 44.3 Å². The fraction of sp³-hybridized carbons (Fsp3) is 0.483. The third-order valence-corrected chi connectivity index (χ3v) is 8.24. The Morgan fingerprint density at radius 3 is 2.82 bits per heavy atom. The molecule has 9 nitrogen and oxygen atoms in total. The molecule has 1 atom stereocenters. The van der Waals surface area contributed by atoms with Crippen LogP contribution in [0.25, 0.3) is 16.8 Å². The Kier molecular flexibility index (Phi) is 9.63. The molecule has 0 aromatic carbocycles. The average Bonchev–Trinajstić information content (AvgIpc) is 3.37. The van der Waals surface area contributed by atoms with Gasteiger partial charge in [0.05, 0.1) is 22.6 Å². The number of carbonyl (C=O) groups is 2. The molecule has 3 aromatic rings. The molecule has 208 valence electrons. The number of aryl methyl sites for hydroxylation is 1. The van der Waals surface area contributed by atoms with Gasteiger partial charge in [0.1, 0.15) is 5.82 Å². The Labute approximate surface area is 234 Å². The zero-order valence-electron chi connectivity index (χ0n) is 23.3. The molecule has 0 spiro atoms. The van der Waals surface area contributed by atoms with Gasteiger partial charge in [0.2, 0.25) is 0 Å². The summed E-state index contributed by atoms with van der Waals surface area (Å²) in [4.78, 5) is 42.8. The van der Waals surface area contributed by atoms with Crippen LogP contribution in [0.1, 0.15) is 61.5 Å². The fourth-order valence-electron chi connectivity index (χ4n) is 4.97. The highest BCUT2D eigenvalue weighted by atomic mass is 32.1. The van der Waals surface area contributed by atoms with Crippen molar-refractivity contribution in [2.24, 2.45) is 5.92 Å². The highest BCUT2D eigenvalue weighted by Gasteiger charge is 2.24. The molecule has 1 unspecified atom stereocenters. The number of rotatable bonds is 5. The van der Waals surface area contributed by atoms with Crippen molar-refractivity contribution in [3.63, 3.8) is 0 Å². The van der Waals surface area contributed by atoms with Crippen molar-refractivity contribution in [3.05, 3.63) is 46.3 Å². The van der Waals surface area contributed by atoms with Crippen LogP contribution in [0.15, 0.2) is 30.7 Å². The smallest absolute Gasteiger partial charge is 0.313 e. The summed E-state index contributed by atoms with van der Waals surface area (Å²) in [5.41, 5.74) is 7.49. The normalized spacial score (nSPS) is 16.9. The molecular formula is C29H39N7O2S. The van der Waals surface area contributed by atoms with Crippen molar-refractivity contribution >= 4 is 51.5 Å². The van der Waals surface area contributed by atoms with E-state index in [9.17, 15) is 9.59 Å². The largest absolute Gasteiger partial charge is 0.383 e. The molecule has 0 bridgehead atoms. The van der Waals surface area contributed by atoms with Gasteiger partial charge in [0.15, 0.2) is 0 Å². The summed E-state index contributed by atoms with van der Waals surface area (Å²) in [5.74, 6) is 0.0596. The number of hydrogen-bond acceptors (Lipinski definition) is 8. The molecule has 4 heterocycles. The molecule has 3 aromatic heterocycles. The number of anilines is 2. The molecule has 10 heteroatoms. The van der Waals surface area contributed by atoms with Gasteiger partial charge >= 0.3 is 11.8 Å². The van der Waals surface area contributed by atoms with Gasteiger partial charge in [-0.25, -0.2) is 9.97 Å². The van der Waals surface area contributed by atoms with Gasteiger partial charge < -0.3 is 20.9 Å². The van der Waals surface area contributed by atoms with Crippen molar-refractivity contribution in [1.82, 2.24) is 24.8 Å². The predicted molar refractivity (Wildman–Crippen MR) is 159 cm³/mol. The van der Waals surface area contributed by atoms with Gasteiger partial charge in [-0.1, -0.05) is 19.9 Å². The molecule has 2 amide bonds. The number of piperidine rings is 1. The molecule has 5 rings (SSSR count). The van der Waals surface area contributed by atoms with Crippen LogP contribution in [0, 0.1) is 5.92 Å². The third kappa shape index (κ3) is 7.19. The molecule has 1 aliphatic carbocycles. The molecule has 3 N–H and O–H groups in total. The second-order valence-electron chi connectivity index (χ2n) is 10.6. The highest BCUT2D eigenvalue weighted by molar-refractivity contribution is 7.12. The lowest BCUT2D eigenvalue weighted by Crippen LogP contribution is -2.41. The number of amides is 2. The zero-order chi connectivity index (χ0) is 27.9. The van der Waals surface area contributed by atoms with E-state index in [1.54, 1.807) is 18.5 Å². The van der Waals surface area contributed by atoms with Gasteiger partial charge in [-0.2, -0.15) is 0 Å². The second-order valence-corrected chi connectivity index (χ2v) is 11.7. The van der Waals surface area contributed by atoms with Crippen LogP contribution < -0.4 is 11.1 Å². The van der Waals surface area contributed by atoms with Crippen LogP contribution in [-0.2, 0) is 16.0 Å². The maximum atomic E-state index is 12.3. The fourth-order valence-corrected chi connectivity index (χ4v) is 6.17. The zero-order valence-corrected chi connectivity index (χ0v) is 24.1. The van der Waals surface area contributed by atoms with Crippen molar-refractivity contribution in [3.8, 4) is 0 Å². The maximum absolute atomic E-state index is 12.3.